The van der Waals surface area contributed by atoms with Gasteiger partial charge in [0.2, 0.25) is 6.29 Å². The maximum atomic E-state index is 10.7. The van der Waals surface area contributed by atoms with Gasteiger partial charge in [-0.1, -0.05) is 30.3 Å². The second-order valence-electron chi connectivity index (χ2n) is 3.38. The van der Waals surface area contributed by atoms with Gasteiger partial charge in [-0.25, -0.2) is 0 Å². The second kappa shape index (κ2) is 6.06. The summed E-state index contributed by atoms with van der Waals surface area (Å²) in [5, 5.41) is 29.1. The molecule has 0 aliphatic heterocycles. The minimum atomic E-state index is -2.10. The third kappa shape index (κ3) is 3.47. The number of rotatable bonds is 6. The lowest BCUT2D eigenvalue weighted by atomic mass is 10.2. The topological polar surface area (TPSA) is 92.8 Å². The first kappa shape index (κ1) is 14.0. The summed E-state index contributed by atoms with van der Waals surface area (Å²) < 4.78 is 2.86. The van der Waals surface area contributed by atoms with Gasteiger partial charge in [-0.3, -0.25) is 10.1 Å². The molecule has 0 heterocycles. The van der Waals surface area contributed by atoms with Gasteiger partial charge in [-0.2, -0.15) is 0 Å². The highest BCUT2D eigenvalue weighted by molar-refractivity contribution is 9.10. The lowest BCUT2D eigenvalue weighted by molar-refractivity contribution is -0.565. The summed E-state index contributed by atoms with van der Waals surface area (Å²) >= 11 is 2.66. The van der Waals surface area contributed by atoms with E-state index in [1.807, 2.05) is 6.07 Å². The molecule has 0 radical (unpaired) electrons. The molecule has 94 valence electrons. The molecule has 2 unspecified atom stereocenters. The van der Waals surface area contributed by atoms with Crippen molar-refractivity contribution in [3.05, 3.63) is 46.0 Å². The Morgan fingerprint density at radius 2 is 2.06 bits per heavy atom. The average molecular weight is 306 g/mol. The van der Waals surface area contributed by atoms with Crippen molar-refractivity contribution in [1.29, 1.82) is 0 Å². The van der Waals surface area contributed by atoms with Crippen LogP contribution in [-0.2, 0) is 11.3 Å². The molecule has 0 amide bonds. The van der Waals surface area contributed by atoms with Crippen molar-refractivity contribution in [2.24, 2.45) is 0 Å². The fraction of sp³-hybridized carbons (Fsp3) is 0.400. The van der Waals surface area contributed by atoms with E-state index in [-0.39, 0.29) is 6.61 Å². The Bertz CT molecular complexity index is 374. The molecule has 0 saturated heterocycles. The number of halogens is 1. The van der Waals surface area contributed by atoms with Crippen LogP contribution in [0.5, 0.6) is 0 Å². The van der Waals surface area contributed by atoms with Crippen molar-refractivity contribution in [2.45, 2.75) is 17.3 Å². The van der Waals surface area contributed by atoms with Gasteiger partial charge in [-0.05, 0) is 5.56 Å². The van der Waals surface area contributed by atoms with Crippen LogP contribution in [0.25, 0.3) is 0 Å². The number of ether oxygens (including phenoxy) is 1. The van der Waals surface area contributed by atoms with Gasteiger partial charge in [0, 0.05) is 20.9 Å². The summed E-state index contributed by atoms with van der Waals surface area (Å²) in [5.41, 5.74) is 0.766. The third-order valence-electron chi connectivity index (χ3n) is 2.15. The molecule has 2 N–H and O–H groups in total. The molecule has 7 heteroatoms. The van der Waals surface area contributed by atoms with Gasteiger partial charge in [0.1, 0.15) is 6.61 Å². The molecule has 0 saturated carbocycles. The van der Waals surface area contributed by atoms with Crippen molar-refractivity contribution in [3.63, 3.8) is 0 Å². The SMILES string of the molecule is O=[N+]([O-])C(Br)(CO)C(O)OCc1ccccc1. The van der Waals surface area contributed by atoms with Crippen LogP contribution in [0.4, 0.5) is 0 Å². The van der Waals surface area contributed by atoms with E-state index in [9.17, 15) is 15.2 Å². The number of hydrogen-bond acceptors (Lipinski definition) is 5. The van der Waals surface area contributed by atoms with E-state index in [2.05, 4.69) is 15.9 Å². The van der Waals surface area contributed by atoms with Gasteiger partial charge >= 0.3 is 4.45 Å². The smallest absolute Gasteiger partial charge is 0.346 e. The van der Waals surface area contributed by atoms with E-state index in [1.165, 1.54) is 0 Å². The average Bonchev–Trinajstić information content (AvgIpc) is 2.35. The fourth-order valence-corrected chi connectivity index (χ4v) is 1.24. The highest BCUT2D eigenvalue weighted by atomic mass is 79.9. The van der Waals surface area contributed by atoms with Crippen molar-refractivity contribution in [2.75, 3.05) is 6.61 Å². The van der Waals surface area contributed by atoms with Crippen LogP contribution in [0.2, 0.25) is 0 Å². The number of aliphatic hydroxyl groups is 2. The van der Waals surface area contributed by atoms with E-state index in [4.69, 9.17) is 9.84 Å². The number of benzene rings is 1. The summed E-state index contributed by atoms with van der Waals surface area (Å²) in [6.07, 6.45) is -1.75. The minimum absolute atomic E-state index is 0.0171. The van der Waals surface area contributed by atoms with Crippen LogP contribution in [0.1, 0.15) is 5.56 Å². The molecule has 1 aromatic carbocycles. The molecule has 1 rings (SSSR count). The molecule has 0 aliphatic carbocycles. The zero-order chi connectivity index (χ0) is 12.9. The first-order valence-corrected chi connectivity index (χ1v) is 5.58. The first-order chi connectivity index (χ1) is 8.00. The van der Waals surface area contributed by atoms with Gasteiger partial charge < -0.3 is 14.9 Å². The van der Waals surface area contributed by atoms with E-state index >= 15 is 0 Å². The van der Waals surface area contributed by atoms with Gasteiger partial charge in [0.25, 0.3) is 0 Å². The van der Waals surface area contributed by atoms with E-state index in [1.54, 1.807) is 24.3 Å². The number of alkyl halides is 1. The Kier molecular flexibility index (Phi) is 5.01. The number of hydrogen-bond donors (Lipinski definition) is 2. The summed E-state index contributed by atoms with van der Waals surface area (Å²) in [5.74, 6) is 0. The van der Waals surface area contributed by atoms with Gasteiger partial charge in [0.15, 0.2) is 0 Å². The Balaban J connectivity index is 2.60. The number of nitrogens with zero attached hydrogens (tertiary/aromatic N) is 1. The van der Waals surface area contributed by atoms with E-state index in [0.717, 1.165) is 5.56 Å². The summed E-state index contributed by atoms with van der Waals surface area (Å²) in [6.45, 7) is -0.862. The molecule has 6 nitrogen and oxygen atoms in total. The summed E-state index contributed by atoms with van der Waals surface area (Å²) in [4.78, 5) is 9.83. The van der Waals surface area contributed by atoms with Crippen molar-refractivity contribution in [3.8, 4) is 0 Å². The normalized spacial score (nSPS) is 16.2. The predicted octanol–water partition coefficient (Wildman–Crippen LogP) is 0.882. The summed E-state index contributed by atoms with van der Waals surface area (Å²) in [6, 6.07) is 8.90. The first-order valence-electron chi connectivity index (χ1n) is 4.78. The molecule has 1 aromatic rings. The van der Waals surface area contributed by atoms with Crippen LogP contribution in [0, 0.1) is 10.1 Å². The number of aliphatic hydroxyl groups excluding tert-OH is 2. The minimum Gasteiger partial charge on any atom is -0.388 e. The number of nitro groups is 1. The van der Waals surface area contributed by atoms with Gasteiger partial charge in [-0.15, -0.1) is 0 Å². The molecule has 0 fully saturated rings. The largest absolute Gasteiger partial charge is 0.388 e. The molecule has 0 aromatic heterocycles. The highest BCUT2D eigenvalue weighted by Gasteiger charge is 2.48. The van der Waals surface area contributed by atoms with Crippen LogP contribution in [-0.4, -0.2) is 32.5 Å². The maximum absolute atomic E-state index is 10.7. The van der Waals surface area contributed by atoms with Crippen molar-refractivity contribution < 1.29 is 19.9 Å². The Morgan fingerprint density at radius 3 is 2.53 bits per heavy atom. The zero-order valence-electron chi connectivity index (χ0n) is 8.82. The molecular formula is C10H12BrNO5. The molecule has 0 bridgehead atoms. The van der Waals surface area contributed by atoms with Gasteiger partial charge in [0.05, 0.1) is 6.61 Å². The Labute approximate surface area is 106 Å². The van der Waals surface area contributed by atoms with Crippen LogP contribution < -0.4 is 0 Å². The third-order valence-corrected chi connectivity index (χ3v) is 3.09. The Hall–Kier alpha value is -1.02. The maximum Gasteiger partial charge on any atom is 0.346 e. The molecule has 0 aliphatic rings. The molecule has 17 heavy (non-hydrogen) atoms. The van der Waals surface area contributed by atoms with E-state index < -0.39 is 22.3 Å². The standard InChI is InChI=1S/C10H12BrNO5/c11-10(7-13,12(15)16)9(14)17-6-8-4-2-1-3-5-8/h1-5,9,13-14H,6-7H2. The van der Waals surface area contributed by atoms with Crippen molar-refractivity contribution in [1.82, 2.24) is 0 Å². The fourth-order valence-electron chi connectivity index (χ4n) is 1.10. The van der Waals surface area contributed by atoms with Crippen LogP contribution in [0.3, 0.4) is 0 Å². The van der Waals surface area contributed by atoms with Crippen LogP contribution in [0.15, 0.2) is 30.3 Å². The molecule has 2 atom stereocenters. The molecule has 0 spiro atoms. The van der Waals surface area contributed by atoms with Crippen molar-refractivity contribution >= 4 is 15.9 Å². The lowest BCUT2D eigenvalue weighted by Crippen LogP contribution is -2.48. The van der Waals surface area contributed by atoms with E-state index in [0.29, 0.717) is 0 Å². The highest BCUT2D eigenvalue weighted by Crippen LogP contribution is 2.24. The zero-order valence-corrected chi connectivity index (χ0v) is 10.4. The van der Waals surface area contributed by atoms with Crippen LogP contribution >= 0.6 is 15.9 Å². The summed E-state index contributed by atoms with van der Waals surface area (Å²) in [7, 11) is 0. The quantitative estimate of drug-likeness (QED) is 0.268. The molecular weight excluding hydrogens is 294 g/mol. The predicted molar refractivity (Wildman–Crippen MR) is 63.0 cm³/mol. The lowest BCUT2D eigenvalue weighted by Gasteiger charge is -2.22. The Morgan fingerprint density at radius 1 is 1.47 bits per heavy atom. The second-order valence-corrected chi connectivity index (χ2v) is 4.76. The monoisotopic (exact) mass is 305 g/mol.